The maximum absolute atomic E-state index is 13.0. The van der Waals surface area contributed by atoms with Gasteiger partial charge in [-0.15, -0.1) is 0 Å². The van der Waals surface area contributed by atoms with Gasteiger partial charge in [0.05, 0.1) is 4.90 Å². The second kappa shape index (κ2) is 8.25. The van der Waals surface area contributed by atoms with Crippen molar-refractivity contribution >= 4 is 38.7 Å². The number of aryl methyl sites for hydroxylation is 1. The summed E-state index contributed by atoms with van der Waals surface area (Å²) in [5, 5.41) is 6.05. The number of hydrogen-bond donors (Lipinski definition) is 2. The summed E-state index contributed by atoms with van der Waals surface area (Å²) in [5.74, 6) is -0.522. The molecule has 8 nitrogen and oxygen atoms in total. The molecule has 2 aromatic heterocycles. The van der Waals surface area contributed by atoms with Crippen LogP contribution in [-0.4, -0.2) is 35.2 Å². The fraction of sp³-hybridized carbons (Fsp3) is 0.136. The lowest BCUT2D eigenvalue weighted by Crippen LogP contribution is -2.23. The van der Waals surface area contributed by atoms with Crippen molar-refractivity contribution < 1.29 is 13.2 Å². The van der Waals surface area contributed by atoms with Crippen molar-refractivity contribution in [2.45, 2.75) is 18.2 Å². The number of aromatic nitrogens is 3. The number of amides is 1. The van der Waals surface area contributed by atoms with E-state index >= 15 is 0 Å². The molecule has 2 heterocycles. The molecule has 0 atom stereocenters. The van der Waals surface area contributed by atoms with Gasteiger partial charge in [-0.05, 0) is 42.8 Å². The maximum Gasteiger partial charge on any atom is 0.276 e. The summed E-state index contributed by atoms with van der Waals surface area (Å²) < 4.78 is 24.7. The van der Waals surface area contributed by atoms with E-state index < -0.39 is 15.7 Å². The van der Waals surface area contributed by atoms with Gasteiger partial charge < -0.3 is 5.32 Å². The molecule has 0 bridgehead atoms. The fourth-order valence-corrected chi connectivity index (χ4v) is 4.13. The molecule has 0 aliphatic carbocycles. The molecule has 0 fully saturated rings. The van der Waals surface area contributed by atoms with Crippen LogP contribution in [-0.2, 0) is 16.3 Å². The van der Waals surface area contributed by atoms with Gasteiger partial charge in [0.25, 0.3) is 11.5 Å². The Bertz CT molecular complexity index is 1510. The Balaban J connectivity index is 1.67. The second-order valence-corrected chi connectivity index (χ2v) is 9.84. The van der Waals surface area contributed by atoms with Gasteiger partial charge in [0.15, 0.2) is 15.5 Å². The van der Waals surface area contributed by atoms with E-state index in [2.05, 4.69) is 15.4 Å². The zero-order chi connectivity index (χ0) is 23.0. The van der Waals surface area contributed by atoms with E-state index in [-0.39, 0.29) is 21.7 Å². The Labute approximate surface area is 188 Å². The summed E-state index contributed by atoms with van der Waals surface area (Å²) >= 11 is 5.93. The van der Waals surface area contributed by atoms with Crippen LogP contribution in [0, 0.1) is 6.92 Å². The predicted molar refractivity (Wildman–Crippen MR) is 122 cm³/mol. The molecule has 4 rings (SSSR count). The van der Waals surface area contributed by atoms with Gasteiger partial charge in [0.2, 0.25) is 0 Å². The molecule has 0 radical (unpaired) electrons. The number of H-pyrrole nitrogens is 1. The van der Waals surface area contributed by atoms with Crippen LogP contribution in [0.15, 0.2) is 64.4 Å². The first-order valence-corrected chi connectivity index (χ1v) is 11.9. The number of aromatic amines is 1. The largest absolute Gasteiger partial charge is 0.322 e. The molecule has 0 saturated carbocycles. The molecule has 1 amide bonds. The fourth-order valence-electron chi connectivity index (χ4n) is 3.34. The minimum absolute atomic E-state index is 0.0891. The summed E-state index contributed by atoms with van der Waals surface area (Å²) in [6.07, 6.45) is 2.86. The van der Waals surface area contributed by atoms with Crippen LogP contribution in [0.3, 0.4) is 0 Å². The van der Waals surface area contributed by atoms with Crippen LogP contribution < -0.4 is 10.9 Å². The molecule has 2 N–H and O–H groups in total. The maximum atomic E-state index is 13.0. The lowest BCUT2D eigenvalue weighted by atomic mass is 10.1. The Hall–Kier alpha value is -3.43. The molecule has 0 unspecified atom stereocenters. The Morgan fingerprint density at radius 1 is 1.19 bits per heavy atom. The van der Waals surface area contributed by atoms with Gasteiger partial charge in [-0.2, -0.15) is 0 Å². The SMILES string of the molecule is Cc1nc2c(C(=O)Nc3cccc(S(C)(=O)=O)c3)c[nH]n2c(=O)c1Cc1ccc(Cl)cc1. The van der Waals surface area contributed by atoms with Crippen molar-refractivity contribution in [2.24, 2.45) is 0 Å². The third kappa shape index (κ3) is 4.30. The average Bonchev–Trinajstić information content (AvgIpc) is 3.16. The van der Waals surface area contributed by atoms with Crippen molar-refractivity contribution in [1.82, 2.24) is 14.6 Å². The number of anilines is 1. The normalized spacial score (nSPS) is 11.6. The lowest BCUT2D eigenvalue weighted by molar-refractivity contribution is 0.102. The number of nitrogens with one attached hydrogen (secondary N) is 2. The summed E-state index contributed by atoms with van der Waals surface area (Å²) in [4.78, 5) is 30.4. The first-order valence-electron chi connectivity index (χ1n) is 9.59. The predicted octanol–water partition coefficient (Wildman–Crippen LogP) is 3.23. The number of halogens is 1. The van der Waals surface area contributed by atoms with E-state index in [1.807, 2.05) is 12.1 Å². The topological polar surface area (TPSA) is 113 Å². The van der Waals surface area contributed by atoms with Crippen LogP contribution in [0.2, 0.25) is 5.02 Å². The molecule has 164 valence electrons. The van der Waals surface area contributed by atoms with Gasteiger partial charge in [-0.3, -0.25) is 14.7 Å². The Kier molecular flexibility index (Phi) is 5.62. The van der Waals surface area contributed by atoms with Gasteiger partial charge in [-0.1, -0.05) is 29.8 Å². The number of rotatable bonds is 5. The van der Waals surface area contributed by atoms with Crippen molar-refractivity contribution in [1.29, 1.82) is 0 Å². The molecule has 0 aliphatic heterocycles. The second-order valence-electron chi connectivity index (χ2n) is 7.38. The van der Waals surface area contributed by atoms with Crippen LogP contribution in [0.5, 0.6) is 0 Å². The number of benzene rings is 2. The molecule has 0 aliphatic rings. The summed E-state index contributed by atoms with van der Waals surface area (Å²) in [5.41, 5.74) is 2.28. The number of carbonyl (C=O) groups is 1. The van der Waals surface area contributed by atoms with Gasteiger partial charge in [0, 0.05) is 40.8 Å². The standard InChI is InChI=1S/C22H19ClN4O4S/c1-13-18(10-14-6-8-15(23)9-7-14)22(29)27-20(25-13)19(12-24-27)21(28)26-16-4-3-5-17(11-16)32(2,30)31/h3-9,11-12,24H,10H2,1-2H3,(H,26,28). The highest BCUT2D eigenvalue weighted by atomic mass is 35.5. The van der Waals surface area contributed by atoms with E-state index in [0.717, 1.165) is 11.8 Å². The third-order valence-electron chi connectivity index (χ3n) is 5.02. The highest BCUT2D eigenvalue weighted by Gasteiger charge is 2.19. The van der Waals surface area contributed by atoms with Crippen LogP contribution in [0.4, 0.5) is 5.69 Å². The molecule has 4 aromatic rings. The first kappa shape index (κ1) is 21.8. The highest BCUT2D eigenvalue weighted by molar-refractivity contribution is 7.90. The van der Waals surface area contributed by atoms with E-state index in [1.165, 1.54) is 28.9 Å². The highest BCUT2D eigenvalue weighted by Crippen LogP contribution is 2.18. The zero-order valence-corrected chi connectivity index (χ0v) is 18.8. The van der Waals surface area contributed by atoms with E-state index in [0.29, 0.717) is 28.4 Å². The summed E-state index contributed by atoms with van der Waals surface area (Å²) in [7, 11) is -3.42. The number of sulfone groups is 1. The van der Waals surface area contributed by atoms with Crippen LogP contribution in [0.25, 0.3) is 5.65 Å². The van der Waals surface area contributed by atoms with Gasteiger partial charge in [0.1, 0.15) is 5.56 Å². The minimum Gasteiger partial charge on any atom is -0.322 e. The summed E-state index contributed by atoms with van der Waals surface area (Å²) in [6.45, 7) is 1.72. The number of carbonyl (C=O) groups excluding carboxylic acids is 1. The quantitative estimate of drug-likeness (QED) is 0.465. The van der Waals surface area contributed by atoms with Crippen LogP contribution >= 0.6 is 11.6 Å². The number of nitrogens with zero attached hydrogens (tertiary/aromatic N) is 2. The molecular formula is C22H19ClN4O4S. The van der Waals surface area contributed by atoms with Gasteiger partial charge in [-0.25, -0.2) is 17.9 Å². The number of hydrogen-bond acceptors (Lipinski definition) is 5. The molecule has 2 aromatic carbocycles. The molecule has 0 spiro atoms. The van der Waals surface area contributed by atoms with Crippen LogP contribution in [0.1, 0.15) is 27.2 Å². The Morgan fingerprint density at radius 3 is 2.59 bits per heavy atom. The smallest absolute Gasteiger partial charge is 0.276 e. The third-order valence-corrected chi connectivity index (χ3v) is 6.38. The molecule has 10 heteroatoms. The monoisotopic (exact) mass is 470 g/mol. The average molecular weight is 471 g/mol. The summed E-state index contributed by atoms with van der Waals surface area (Å²) in [6, 6.07) is 13.1. The van der Waals surface area contributed by atoms with E-state index in [9.17, 15) is 18.0 Å². The zero-order valence-electron chi connectivity index (χ0n) is 17.2. The van der Waals surface area contributed by atoms with Crippen molar-refractivity contribution in [3.63, 3.8) is 0 Å². The minimum atomic E-state index is -3.42. The van der Waals surface area contributed by atoms with Gasteiger partial charge >= 0.3 is 0 Å². The first-order chi connectivity index (χ1) is 15.1. The molecule has 0 saturated heterocycles. The molecular weight excluding hydrogens is 452 g/mol. The Morgan fingerprint density at radius 2 is 1.91 bits per heavy atom. The van der Waals surface area contributed by atoms with Crippen molar-refractivity contribution in [3.8, 4) is 0 Å². The van der Waals surface area contributed by atoms with Crippen molar-refractivity contribution in [2.75, 3.05) is 11.6 Å². The van der Waals surface area contributed by atoms with Crippen molar-refractivity contribution in [3.05, 3.63) is 92.5 Å². The van der Waals surface area contributed by atoms with E-state index in [4.69, 9.17) is 11.6 Å². The number of fused-ring (bicyclic) bond motifs is 1. The van der Waals surface area contributed by atoms with E-state index in [1.54, 1.807) is 25.1 Å². The molecule has 32 heavy (non-hydrogen) atoms. The lowest BCUT2D eigenvalue weighted by Gasteiger charge is -2.08.